The average molecular weight is 554 g/mol. The van der Waals surface area contributed by atoms with Crippen LogP contribution >= 0.6 is 0 Å². The Morgan fingerprint density at radius 3 is 2.15 bits per heavy atom. The quantitative estimate of drug-likeness (QED) is 0.288. The lowest BCUT2D eigenvalue weighted by atomic mass is 9.89. The highest BCUT2D eigenvalue weighted by atomic mass is 16.6. The van der Waals surface area contributed by atoms with Crippen LogP contribution in [0, 0.1) is 6.92 Å². The average Bonchev–Trinajstić information content (AvgIpc) is 2.87. The zero-order chi connectivity index (χ0) is 30.1. The first-order valence-electron chi connectivity index (χ1n) is 14.1. The van der Waals surface area contributed by atoms with Crippen LogP contribution in [0.3, 0.4) is 0 Å². The highest BCUT2D eigenvalue weighted by Gasteiger charge is 2.43. The normalized spacial score (nSPS) is 13.2. The van der Waals surface area contributed by atoms with Crippen LogP contribution in [0.4, 0.5) is 4.79 Å². The number of hydrogen-bond donors (Lipinski definition) is 3. The summed E-state index contributed by atoms with van der Waals surface area (Å²) in [6.45, 7) is 15.6. The van der Waals surface area contributed by atoms with Gasteiger partial charge in [-0.1, -0.05) is 56.7 Å². The van der Waals surface area contributed by atoms with E-state index in [1.54, 1.807) is 37.8 Å². The SMILES string of the molecule is CCCCNC(=O)C(c1ccccc1C)N(C(=O)C(Cc1ccc(O)cc1)NC(=O)OC(C)(C)C)C(C)(C)CC. The maximum absolute atomic E-state index is 14.6. The fraction of sp³-hybridized carbons (Fsp3) is 0.531. The van der Waals surface area contributed by atoms with E-state index in [2.05, 4.69) is 17.6 Å². The van der Waals surface area contributed by atoms with Gasteiger partial charge in [-0.15, -0.1) is 0 Å². The Labute approximate surface area is 239 Å². The van der Waals surface area contributed by atoms with Crippen molar-refractivity contribution in [1.82, 2.24) is 15.5 Å². The summed E-state index contributed by atoms with van der Waals surface area (Å²) in [5, 5.41) is 15.6. The Morgan fingerprint density at radius 2 is 1.60 bits per heavy atom. The first kappa shape index (κ1) is 32.7. The molecule has 0 saturated carbocycles. The molecule has 40 heavy (non-hydrogen) atoms. The van der Waals surface area contributed by atoms with Gasteiger partial charge >= 0.3 is 6.09 Å². The number of benzene rings is 2. The molecule has 2 aromatic carbocycles. The highest BCUT2D eigenvalue weighted by molar-refractivity contribution is 5.93. The van der Waals surface area contributed by atoms with E-state index in [4.69, 9.17) is 4.74 Å². The molecule has 0 aliphatic rings. The maximum Gasteiger partial charge on any atom is 0.408 e. The molecule has 2 atom stereocenters. The van der Waals surface area contributed by atoms with Crippen molar-refractivity contribution < 1.29 is 24.2 Å². The molecule has 3 amide bonds. The van der Waals surface area contributed by atoms with Crippen LogP contribution in [-0.4, -0.2) is 51.6 Å². The molecule has 8 nitrogen and oxygen atoms in total. The third kappa shape index (κ3) is 9.28. The summed E-state index contributed by atoms with van der Waals surface area (Å²) in [6.07, 6.45) is 1.74. The number of aryl methyl sites for hydroxylation is 1. The van der Waals surface area contributed by atoms with Gasteiger partial charge < -0.3 is 25.4 Å². The largest absolute Gasteiger partial charge is 0.508 e. The van der Waals surface area contributed by atoms with Crippen LogP contribution in [0.2, 0.25) is 0 Å². The minimum atomic E-state index is -1.03. The summed E-state index contributed by atoms with van der Waals surface area (Å²) in [4.78, 5) is 43.0. The third-order valence-corrected chi connectivity index (χ3v) is 6.94. The Balaban J connectivity index is 2.64. The number of carbonyl (C=O) groups excluding carboxylic acids is 3. The lowest BCUT2D eigenvalue weighted by Gasteiger charge is -2.45. The van der Waals surface area contributed by atoms with Crippen molar-refractivity contribution in [2.45, 2.75) is 104 Å². The molecule has 3 N–H and O–H groups in total. The van der Waals surface area contributed by atoms with Crippen molar-refractivity contribution in [3.63, 3.8) is 0 Å². The lowest BCUT2D eigenvalue weighted by Crippen LogP contribution is -2.60. The molecule has 0 saturated heterocycles. The number of aromatic hydroxyl groups is 1. The van der Waals surface area contributed by atoms with E-state index in [-0.39, 0.29) is 18.1 Å². The topological polar surface area (TPSA) is 108 Å². The predicted molar refractivity (Wildman–Crippen MR) is 158 cm³/mol. The van der Waals surface area contributed by atoms with E-state index in [0.29, 0.717) is 13.0 Å². The highest BCUT2D eigenvalue weighted by Crippen LogP contribution is 2.34. The fourth-order valence-corrected chi connectivity index (χ4v) is 4.41. The second-order valence-electron chi connectivity index (χ2n) is 11.8. The Kier molecular flexibility index (Phi) is 11.6. The second-order valence-corrected chi connectivity index (χ2v) is 11.8. The molecule has 8 heteroatoms. The molecule has 0 fully saturated rings. The smallest absolute Gasteiger partial charge is 0.408 e. The van der Waals surface area contributed by atoms with Crippen molar-refractivity contribution in [3.8, 4) is 5.75 Å². The number of amides is 3. The molecule has 0 aromatic heterocycles. The predicted octanol–water partition coefficient (Wildman–Crippen LogP) is 5.81. The van der Waals surface area contributed by atoms with Crippen LogP contribution in [0.25, 0.3) is 0 Å². The van der Waals surface area contributed by atoms with Crippen LogP contribution in [0.5, 0.6) is 5.75 Å². The van der Waals surface area contributed by atoms with E-state index >= 15 is 0 Å². The number of nitrogens with one attached hydrogen (secondary N) is 2. The molecule has 2 rings (SSSR count). The van der Waals surface area contributed by atoms with E-state index in [0.717, 1.165) is 29.5 Å². The molecule has 0 radical (unpaired) electrons. The van der Waals surface area contributed by atoms with Crippen LogP contribution in [0.1, 0.15) is 90.5 Å². The van der Waals surface area contributed by atoms with Crippen molar-refractivity contribution in [1.29, 1.82) is 0 Å². The van der Waals surface area contributed by atoms with Crippen molar-refractivity contribution in [2.24, 2.45) is 0 Å². The number of nitrogens with zero attached hydrogens (tertiary/aromatic N) is 1. The molecule has 0 heterocycles. The molecule has 0 aliphatic heterocycles. The van der Waals surface area contributed by atoms with E-state index in [1.807, 2.05) is 52.0 Å². The van der Waals surface area contributed by atoms with Gasteiger partial charge in [0.1, 0.15) is 23.4 Å². The van der Waals surface area contributed by atoms with Gasteiger partial charge in [0.2, 0.25) is 11.8 Å². The van der Waals surface area contributed by atoms with Gasteiger partial charge in [0.15, 0.2) is 0 Å². The monoisotopic (exact) mass is 553 g/mol. The van der Waals surface area contributed by atoms with Crippen molar-refractivity contribution in [2.75, 3.05) is 6.54 Å². The van der Waals surface area contributed by atoms with Crippen LogP contribution < -0.4 is 10.6 Å². The number of unbranched alkanes of at least 4 members (excludes halogenated alkanes) is 1. The summed E-state index contributed by atoms with van der Waals surface area (Å²) in [6, 6.07) is 12.1. The van der Waals surface area contributed by atoms with Crippen molar-refractivity contribution in [3.05, 3.63) is 65.2 Å². The van der Waals surface area contributed by atoms with Crippen LogP contribution in [0.15, 0.2) is 48.5 Å². The first-order valence-corrected chi connectivity index (χ1v) is 14.1. The van der Waals surface area contributed by atoms with Gasteiger partial charge in [-0.05, 0) is 83.2 Å². The van der Waals surface area contributed by atoms with Gasteiger partial charge in [0.05, 0.1) is 0 Å². The first-order chi connectivity index (χ1) is 18.7. The summed E-state index contributed by atoms with van der Waals surface area (Å²) < 4.78 is 5.50. The van der Waals surface area contributed by atoms with E-state index < -0.39 is 35.2 Å². The number of phenols is 1. The standard InChI is InChI=1S/C32H47N3O5/c1-9-11-20-33-28(37)27(25-15-13-12-14-22(25)3)35(32(7,8)10-2)29(38)26(34-30(39)40-31(4,5)6)21-23-16-18-24(36)19-17-23/h12-19,26-27,36H,9-11,20-21H2,1-8H3,(H,33,37)(H,34,39). The number of alkyl carbamates (subject to hydrolysis) is 1. The number of ether oxygens (including phenoxy) is 1. The molecule has 0 spiro atoms. The van der Waals surface area contributed by atoms with Crippen LogP contribution in [-0.2, 0) is 20.7 Å². The number of carbonyl (C=O) groups is 3. The number of hydrogen-bond acceptors (Lipinski definition) is 5. The molecule has 220 valence electrons. The lowest BCUT2D eigenvalue weighted by molar-refractivity contribution is -0.149. The Morgan fingerprint density at radius 1 is 0.975 bits per heavy atom. The van der Waals surface area contributed by atoms with Crippen molar-refractivity contribution >= 4 is 17.9 Å². The van der Waals surface area contributed by atoms with E-state index in [9.17, 15) is 19.5 Å². The van der Waals surface area contributed by atoms with E-state index in [1.165, 1.54) is 12.1 Å². The maximum atomic E-state index is 14.6. The summed E-state index contributed by atoms with van der Waals surface area (Å²) in [7, 11) is 0. The minimum Gasteiger partial charge on any atom is -0.508 e. The van der Waals surface area contributed by atoms with Gasteiger partial charge in [-0.25, -0.2) is 4.79 Å². The summed E-state index contributed by atoms with van der Waals surface area (Å²) >= 11 is 0. The zero-order valence-electron chi connectivity index (χ0n) is 25.3. The molecular weight excluding hydrogens is 506 g/mol. The van der Waals surface area contributed by atoms with Gasteiger partial charge in [-0.3, -0.25) is 9.59 Å². The Hall–Kier alpha value is -3.55. The molecule has 2 unspecified atom stereocenters. The second kappa shape index (κ2) is 14.2. The number of rotatable bonds is 12. The van der Waals surface area contributed by atoms with Gasteiger partial charge in [0.25, 0.3) is 0 Å². The number of phenolic OH excluding ortho intramolecular Hbond substituents is 1. The minimum absolute atomic E-state index is 0.101. The third-order valence-electron chi connectivity index (χ3n) is 6.94. The molecule has 2 aromatic rings. The zero-order valence-corrected chi connectivity index (χ0v) is 25.3. The molecular formula is C32H47N3O5. The molecule has 0 bridgehead atoms. The van der Waals surface area contributed by atoms with Gasteiger partial charge in [0, 0.05) is 18.5 Å². The molecule has 0 aliphatic carbocycles. The summed E-state index contributed by atoms with van der Waals surface area (Å²) in [5.74, 6) is -0.563. The summed E-state index contributed by atoms with van der Waals surface area (Å²) in [5.41, 5.74) is 0.850. The van der Waals surface area contributed by atoms with Gasteiger partial charge in [-0.2, -0.15) is 0 Å². The fourth-order valence-electron chi connectivity index (χ4n) is 4.41. The Bertz CT molecular complexity index is 1140.